The third-order valence-corrected chi connectivity index (χ3v) is 3.55. The zero-order valence-electron chi connectivity index (χ0n) is 9.10. The lowest BCUT2D eigenvalue weighted by atomic mass is 10.2. The van der Waals surface area contributed by atoms with Gasteiger partial charge in [0.2, 0.25) is 0 Å². The van der Waals surface area contributed by atoms with Crippen molar-refractivity contribution in [3.63, 3.8) is 0 Å². The lowest BCUT2D eigenvalue weighted by Crippen LogP contribution is -2.30. The van der Waals surface area contributed by atoms with Crippen LogP contribution in [0.5, 0.6) is 0 Å². The largest absolute Gasteiger partial charge is 0.315 e. The molecular formula is C11H23IN2. The molecule has 1 saturated heterocycles. The van der Waals surface area contributed by atoms with Crippen LogP contribution in [0.1, 0.15) is 32.1 Å². The number of alkyl halides is 1. The molecular weight excluding hydrogens is 287 g/mol. The lowest BCUT2D eigenvalue weighted by molar-refractivity contribution is 0.335. The molecule has 2 nitrogen and oxygen atoms in total. The van der Waals surface area contributed by atoms with Crippen LogP contribution in [-0.2, 0) is 0 Å². The van der Waals surface area contributed by atoms with E-state index in [0.717, 1.165) is 0 Å². The van der Waals surface area contributed by atoms with Crippen molar-refractivity contribution in [2.24, 2.45) is 0 Å². The summed E-state index contributed by atoms with van der Waals surface area (Å²) in [6.45, 7) is 6.31. The Balaban J connectivity index is 1.75. The van der Waals surface area contributed by atoms with Gasteiger partial charge in [0.1, 0.15) is 0 Å². The zero-order chi connectivity index (χ0) is 10.1. The Labute approximate surface area is 102 Å². The molecule has 3 heteroatoms. The van der Waals surface area contributed by atoms with Crippen molar-refractivity contribution < 1.29 is 0 Å². The highest BCUT2D eigenvalue weighted by Gasteiger charge is 2.09. The number of hydrogen-bond acceptors (Lipinski definition) is 2. The molecule has 1 fully saturated rings. The van der Waals surface area contributed by atoms with Crippen LogP contribution in [0.2, 0.25) is 0 Å². The van der Waals surface area contributed by atoms with Gasteiger partial charge in [0, 0.05) is 13.1 Å². The van der Waals surface area contributed by atoms with E-state index in [-0.39, 0.29) is 0 Å². The minimum atomic E-state index is 1.18. The van der Waals surface area contributed by atoms with E-state index in [0.29, 0.717) is 0 Å². The summed E-state index contributed by atoms with van der Waals surface area (Å²) in [4.78, 5) is 2.57. The standard InChI is InChI=1S/C11H23IN2/c12-6-2-1-3-7-13-8-11-14-9-4-5-10-14/h13H,1-11H2. The van der Waals surface area contributed by atoms with Gasteiger partial charge in [-0.1, -0.05) is 29.0 Å². The third kappa shape index (κ3) is 6.19. The molecule has 0 atom stereocenters. The molecule has 1 aliphatic rings. The summed E-state index contributed by atoms with van der Waals surface area (Å²) in [6, 6.07) is 0. The predicted octanol–water partition coefficient (Wildman–Crippen LogP) is 2.28. The monoisotopic (exact) mass is 310 g/mol. The van der Waals surface area contributed by atoms with Gasteiger partial charge in [-0.2, -0.15) is 0 Å². The molecule has 0 amide bonds. The van der Waals surface area contributed by atoms with Gasteiger partial charge in [-0.3, -0.25) is 0 Å². The lowest BCUT2D eigenvalue weighted by Gasteiger charge is -2.14. The van der Waals surface area contributed by atoms with Crippen molar-refractivity contribution in [2.45, 2.75) is 32.1 Å². The highest BCUT2D eigenvalue weighted by Crippen LogP contribution is 2.05. The first kappa shape index (κ1) is 12.7. The van der Waals surface area contributed by atoms with Gasteiger partial charge in [-0.25, -0.2) is 0 Å². The molecule has 0 aromatic rings. The second-order valence-electron chi connectivity index (χ2n) is 4.05. The third-order valence-electron chi connectivity index (χ3n) is 2.79. The van der Waals surface area contributed by atoms with Crippen molar-refractivity contribution in [3.8, 4) is 0 Å². The maximum atomic E-state index is 3.53. The van der Waals surface area contributed by atoms with Crippen molar-refractivity contribution in [1.29, 1.82) is 0 Å². The average Bonchev–Trinajstić information content (AvgIpc) is 2.69. The van der Waals surface area contributed by atoms with E-state index < -0.39 is 0 Å². The summed E-state index contributed by atoms with van der Waals surface area (Å²) in [5, 5.41) is 3.53. The summed E-state index contributed by atoms with van der Waals surface area (Å²) in [5.74, 6) is 0. The molecule has 1 aliphatic heterocycles. The number of nitrogens with one attached hydrogen (secondary N) is 1. The van der Waals surface area contributed by atoms with Gasteiger partial charge in [-0.05, 0) is 49.7 Å². The first-order valence-electron chi connectivity index (χ1n) is 5.92. The van der Waals surface area contributed by atoms with Crippen LogP contribution >= 0.6 is 22.6 Å². The summed E-state index contributed by atoms with van der Waals surface area (Å²) < 4.78 is 1.31. The number of likely N-dealkylation sites (tertiary alicyclic amines) is 1. The van der Waals surface area contributed by atoms with E-state index in [4.69, 9.17) is 0 Å². The van der Waals surface area contributed by atoms with Crippen molar-refractivity contribution >= 4 is 22.6 Å². The maximum absolute atomic E-state index is 3.53. The molecule has 0 aromatic carbocycles. The minimum absolute atomic E-state index is 1.18. The van der Waals surface area contributed by atoms with E-state index in [1.807, 2.05) is 0 Å². The van der Waals surface area contributed by atoms with Crippen LogP contribution in [0, 0.1) is 0 Å². The molecule has 0 radical (unpaired) electrons. The molecule has 14 heavy (non-hydrogen) atoms. The van der Waals surface area contributed by atoms with Crippen molar-refractivity contribution in [2.75, 3.05) is 37.2 Å². The molecule has 1 rings (SSSR count). The Hall–Kier alpha value is 0.650. The topological polar surface area (TPSA) is 15.3 Å². The summed E-state index contributed by atoms with van der Waals surface area (Å²) in [6.07, 6.45) is 6.95. The van der Waals surface area contributed by atoms with Gasteiger partial charge in [0.15, 0.2) is 0 Å². The van der Waals surface area contributed by atoms with Crippen LogP contribution in [0.25, 0.3) is 0 Å². The number of halogens is 1. The smallest absolute Gasteiger partial charge is 0.0107 e. The highest BCUT2D eigenvalue weighted by molar-refractivity contribution is 14.1. The summed E-state index contributed by atoms with van der Waals surface area (Å²) >= 11 is 2.45. The van der Waals surface area contributed by atoms with Crippen LogP contribution in [-0.4, -0.2) is 42.1 Å². The minimum Gasteiger partial charge on any atom is -0.315 e. The van der Waals surface area contributed by atoms with Gasteiger partial charge < -0.3 is 10.2 Å². The second-order valence-corrected chi connectivity index (χ2v) is 5.13. The van der Waals surface area contributed by atoms with Gasteiger partial charge in [0.25, 0.3) is 0 Å². The van der Waals surface area contributed by atoms with E-state index in [9.17, 15) is 0 Å². The molecule has 0 aliphatic carbocycles. The Morgan fingerprint density at radius 3 is 2.50 bits per heavy atom. The van der Waals surface area contributed by atoms with Crippen molar-refractivity contribution in [3.05, 3.63) is 0 Å². The first-order valence-corrected chi connectivity index (χ1v) is 7.45. The Bertz CT molecular complexity index is 124. The molecule has 84 valence electrons. The predicted molar refractivity (Wildman–Crippen MR) is 71.3 cm³/mol. The van der Waals surface area contributed by atoms with Crippen molar-refractivity contribution in [1.82, 2.24) is 10.2 Å². The van der Waals surface area contributed by atoms with Crippen LogP contribution < -0.4 is 5.32 Å². The SMILES string of the molecule is ICCCCCNCCN1CCCC1. The van der Waals surface area contributed by atoms with Gasteiger partial charge in [-0.15, -0.1) is 0 Å². The van der Waals surface area contributed by atoms with Crippen LogP contribution in [0.4, 0.5) is 0 Å². The molecule has 0 unspecified atom stereocenters. The Morgan fingerprint density at radius 2 is 1.79 bits per heavy atom. The fourth-order valence-electron chi connectivity index (χ4n) is 1.89. The number of hydrogen-bond donors (Lipinski definition) is 1. The maximum Gasteiger partial charge on any atom is 0.0107 e. The number of nitrogens with zero attached hydrogens (tertiary/aromatic N) is 1. The normalized spacial score (nSPS) is 17.8. The fraction of sp³-hybridized carbons (Fsp3) is 1.00. The fourth-order valence-corrected chi connectivity index (χ4v) is 2.43. The van der Waals surface area contributed by atoms with E-state index in [2.05, 4.69) is 32.8 Å². The average molecular weight is 310 g/mol. The molecule has 0 spiro atoms. The summed E-state index contributed by atoms with van der Waals surface area (Å²) in [7, 11) is 0. The van der Waals surface area contributed by atoms with E-state index in [1.165, 1.54) is 69.3 Å². The van der Waals surface area contributed by atoms with E-state index in [1.54, 1.807) is 0 Å². The quantitative estimate of drug-likeness (QED) is 0.420. The molecule has 1 heterocycles. The van der Waals surface area contributed by atoms with Gasteiger partial charge in [0.05, 0.1) is 0 Å². The second kappa shape index (κ2) is 8.92. The zero-order valence-corrected chi connectivity index (χ0v) is 11.3. The van der Waals surface area contributed by atoms with Crippen LogP contribution in [0.3, 0.4) is 0 Å². The molecule has 0 aromatic heterocycles. The summed E-state index contributed by atoms with van der Waals surface area (Å²) in [5.41, 5.74) is 0. The number of unbranched alkanes of at least 4 members (excludes halogenated alkanes) is 2. The first-order chi connectivity index (χ1) is 6.93. The number of rotatable bonds is 8. The van der Waals surface area contributed by atoms with Gasteiger partial charge >= 0.3 is 0 Å². The highest BCUT2D eigenvalue weighted by atomic mass is 127. The Morgan fingerprint density at radius 1 is 1.00 bits per heavy atom. The Kier molecular flexibility index (Phi) is 8.10. The van der Waals surface area contributed by atoms with Crippen LogP contribution in [0.15, 0.2) is 0 Å². The molecule has 0 bridgehead atoms. The van der Waals surface area contributed by atoms with E-state index >= 15 is 0 Å². The molecule has 0 saturated carbocycles. The molecule has 1 N–H and O–H groups in total.